The fraction of sp³-hybridized carbons (Fsp3) is 0.300. The molecule has 2 aromatic rings. The molecule has 0 atom stereocenters. The van der Waals surface area contributed by atoms with Crippen molar-refractivity contribution in [3.8, 4) is 0 Å². The maximum absolute atomic E-state index is 12.6. The van der Waals surface area contributed by atoms with Crippen molar-refractivity contribution in [2.75, 3.05) is 38.5 Å². The molecule has 0 aromatic heterocycles. The number of benzene rings is 2. The van der Waals surface area contributed by atoms with Gasteiger partial charge in [-0.15, -0.1) is 0 Å². The normalized spacial score (nSPS) is 14.6. The number of anilines is 1. The van der Waals surface area contributed by atoms with Crippen molar-refractivity contribution in [3.63, 3.8) is 0 Å². The zero-order valence-corrected chi connectivity index (χ0v) is 15.8. The summed E-state index contributed by atoms with van der Waals surface area (Å²) in [4.78, 5) is 39.6. The Hall–Kier alpha value is -3.26. The molecule has 0 unspecified atom stereocenters. The van der Waals surface area contributed by atoms with Crippen molar-refractivity contribution < 1.29 is 14.5 Å². The number of nitrogens with zero attached hydrogens (tertiary/aromatic N) is 3. The van der Waals surface area contributed by atoms with Crippen LogP contribution in [0.2, 0.25) is 0 Å². The quantitative estimate of drug-likeness (QED) is 0.648. The standard InChI is InChI=1S/C20H22N4O4/c1-14-17(4-3-5-18(14)24(27)28)19(25)21-16-8-6-15(7-9-16)20(26)23-12-10-22(2)11-13-23/h3-9H,10-13H2,1-2H3,(H,21,25). The summed E-state index contributed by atoms with van der Waals surface area (Å²) in [5.74, 6) is -0.458. The Balaban J connectivity index is 1.69. The van der Waals surface area contributed by atoms with Crippen LogP contribution in [0.25, 0.3) is 0 Å². The Kier molecular flexibility index (Phi) is 5.70. The Morgan fingerprint density at radius 3 is 2.29 bits per heavy atom. The number of piperazine rings is 1. The Morgan fingerprint density at radius 2 is 1.68 bits per heavy atom. The molecule has 3 rings (SSSR count). The van der Waals surface area contributed by atoms with Gasteiger partial charge in [-0.2, -0.15) is 0 Å². The lowest BCUT2D eigenvalue weighted by atomic mass is 10.1. The molecule has 8 nitrogen and oxygen atoms in total. The van der Waals surface area contributed by atoms with Gasteiger partial charge in [0.25, 0.3) is 17.5 Å². The molecule has 0 radical (unpaired) electrons. The molecule has 0 aliphatic carbocycles. The molecule has 1 aliphatic rings. The molecule has 1 fully saturated rings. The zero-order valence-electron chi connectivity index (χ0n) is 15.8. The van der Waals surface area contributed by atoms with Crippen LogP contribution in [0.4, 0.5) is 11.4 Å². The number of rotatable bonds is 4. The topological polar surface area (TPSA) is 95.8 Å². The molecule has 28 heavy (non-hydrogen) atoms. The molecular formula is C20H22N4O4. The molecule has 1 aliphatic heterocycles. The summed E-state index contributed by atoms with van der Waals surface area (Å²) in [5.41, 5.74) is 1.54. The van der Waals surface area contributed by atoms with E-state index >= 15 is 0 Å². The van der Waals surface area contributed by atoms with Gasteiger partial charge in [-0.05, 0) is 44.3 Å². The van der Waals surface area contributed by atoms with E-state index in [1.165, 1.54) is 12.1 Å². The van der Waals surface area contributed by atoms with Gasteiger partial charge < -0.3 is 15.1 Å². The third-order valence-electron chi connectivity index (χ3n) is 4.93. The first kappa shape index (κ1) is 19.5. The maximum Gasteiger partial charge on any atom is 0.273 e. The van der Waals surface area contributed by atoms with Crippen LogP contribution in [0.1, 0.15) is 26.3 Å². The Morgan fingerprint density at radius 1 is 1.04 bits per heavy atom. The van der Waals surface area contributed by atoms with Crippen LogP contribution in [0, 0.1) is 17.0 Å². The zero-order chi connectivity index (χ0) is 20.3. The second-order valence-corrected chi connectivity index (χ2v) is 6.83. The van der Waals surface area contributed by atoms with Crippen molar-refractivity contribution in [2.45, 2.75) is 6.92 Å². The van der Waals surface area contributed by atoms with Gasteiger partial charge in [-0.25, -0.2) is 0 Å². The van der Waals surface area contributed by atoms with Crippen molar-refractivity contribution in [2.24, 2.45) is 0 Å². The van der Waals surface area contributed by atoms with Gasteiger partial charge >= 0.3 is 0 Å². The lowest BCUT2D eigenvalue weighted by Gasteiger charge is -2.32. The van der Waals surface area contributed by atoms with Gasteiger partial charge in [0.1, 0.15) is 0 Å². The summed E-state index contributed by atoms with van der Waals surface area (Å²) >= 11 is 0. The van der Waals surface area contributed by atoms with Crippen molar-refractivity contribution in [1.82, 2.24) is 9.80 Å². The number of carbonyl (C=O) groups is 2. The monoisotopic (exact) mass is 382 g/mol. The van der Waals surface area contributed by atoms with Gasteiger partial charge in [0.2, 0.25) is 0 Å². The van der Waals surface area contributed by atoms with Crippen LogP contribution in [0.5, 0.6) is 0 Å². The van der Waals surface area contributed by atoms with Crippen LogP contribution in [-0.4, -0.2) is 59.8 Å². The number of nitro groups is 1. The molecule has 0 saturated carbocycles. The molecule has 0 spiro atoms. The van der Waals surface area contributed by atoms with Gasteiger partial charge in [0.05, 0.1) is 4.92 Å². The minimum Gasteiger partial charge on any atom is -0.336 e. The van der Waals surface area contributed by atoms with E-state index in [1.54, 1.807) is 37.3 Å². The van der Waals surface area contributed by atoms with E-state index in [1.807, 2.05) is 11.9 Å². The van der Waals surface area contributed by atoms with E-state index in [-0.39, 0.29) is 17.2 Å². The summed E-state index contributed by atoms with van der Waals surface area (Å²) in [5, 5.41) is 13.8. The van der Waals surface area contributed by atoms with E-state index in [0.29, 0.717) is 29.9 Å². The minimum atomic E-state index is -0.509. The Bertz CT molecular complexity index is 903. The molecule has 2 amide bonds. The number of nitrogens with one attached hydrogen (secondary N) is 1. The highest BCUT2D eigenvalue weighted by atomic mass is 16.6. The first-order chi connectivity index (χ1) is 13.4. The van der Waals surface area contributed by atoms with E-state index in [4.69, 9.17) is 0 Å². The fourth-order valence-corrected chi connectivity index (χ4v) is 3.15. The van der Waals surface area contributed by atoms with Gasteiger partial charge in [0.15, 0.2) is 0 Å². The average molecular weight is 382 g/mol. The maximum atomic E-state index is 12.6. The summed E-state index contributed by atoms with van der Waals surface area (Å²) in [6, 6.07) is 11.1. The first-order valence-corrected chi connectivity index (χ1v) is 9.00. The first-order valence-electron chi connectivity index (χ1n) is 9.00. The van der Waals surface area contributed by atoms with Crippen LogP contribution >= 0.6 is 0 Å². The summed E-state index contributed by atoms with van der Waals surface area (Å²) in [6.45, 7) is 4.63. The fourth-order valence-electron chi connectivity index (χ4n) is 3.15. The number of likely N-dealkylation sites (N-methyl/N-ethyl adjacent to an activating group) is 1. The van der Waals surface area contributed by atoms with Gasteiger partial charge in [-0.3, -0.25) is 19.7 Å². The molecule has 1 heterocycles. The predicted octanol–water partition coefficient (Wildman–Crippen LogP) is 2.54. The SMILES string of the molecule is Cc1c(C(=O)Nc2ccc(C(=O)N3CCN(C)CC3)cc2)cccc1[N+](=O)[O-]. The van der Waals surface area contributed by atoms with Crippen LogP contribution < -0.4 is 5.32 Å². The van der Waals surface area contributed by atoms with Crippen LogP contribution in [-0.2, 0) is 0 Å². The summed E-state index contributed by atoms with van der Waals surface area (Å²) in [6.07, 6.45) is 0. The highest BCUT2D eigenvalue weighted by Crippen LogP contribution is 2.22. The molecule has 8 heteroatoms. The van der Waals surface area contributed by atoms with E-state index in [2.05, 4.69) is 10.2 Å². The third kappa shape index (κ3) is 4.17. The van der Waals surface area contributed by atoms with Crippen molar-refractivity contribution in [3.05, 3.63) is 69.3 Å². The van der Waals surface area contributed by atoms with Crippen LogP contribution in [0.15, 0.2) is 42.5 Å². The van der Waals surface area contributed by atoms with Crippen molar-refractivity contribution >= 4 is 23.2 Å². The average Bonchev–Trinajstić information content (AvgIpc) is 2.68. The molecular weight excluding hydrogens is 360 g/mol. The third-order valence-corrected chi connectivity index (χ3v) is 4.93. The predicted molar refractivity (Wildman–Crippen MR) is 106 cm³/mol. The summed E-state index contributed by atoms with van der Waals surface area (Å²) < 4.78 is 0. The molecule has 2 aromatic carbocycles. The molecule has 0 bridgehead atoms. The Labute approximate surface area is 162 Å². The number of amides is 2. The highest BCUT2D eigenvalue weighted by Gasteiger charge is 2.21. The summed E-state index contributed by atoms with van der Waals surface area (Å²) in [7, 11) is 2.03. The van der Waals surface area contributed by atoms with Gasteiger partial charge in [0, 0.05) is 54.6 Å². The number of hydrogen-bond donors (Lipinski definition) is 1. The van der Waals surface area contributed by atoms with Crippen molar-refractivity contribution in [1.29, 1.82) is 0 Å². The number of carbonyl (C=O) groups excluding carboxylic acids is 2. The minimum absolute atomic E-state index is 0.0273. The molecule has 1 N–H and O–H groups in total. The second kappa shape index (κ2) is 8.18. The highest BCUT2D eigenvalue weighted by molar-refractivity contribution is 6.06. The number of nitro benzene ring substituents is 1. The lowest BCUT2D eigenvalue weighted by molar-refractivity contribution is -0.385. The van der Waals surface area contributed by atoms with E-state index < -0.39 is 10.8 Å². The largest absolute Gasteiger partial charge is 0.336 e. The molecule has 146 valence electrons. The second-order valence-electron chi connectivity index (χ2n) is 6.83. The van der Waals surface area contributed by atoms with E-state index in [0.717, 1.165) is 13.1 Å². The van der Waals surface area contributed by atoms with E-state index in [9.17, 15) is 19.7 Å². The number of hydrogen-bond acceptors (Lipinski definition) is 5. The molecule has 1 saturated heterocycles. The lowest BCUT2D eigenvalue weighted by Crippen LogP contribution is -2.47. The van der Waals surface area contributed by atoms with Crippen LogP contribution in [0.3, 0.4) is 0 Å². The smallest absolute Gasteiger partial charge is 0.273 e. The van der Waals surface area contributed by atoms with Gasteiger partial charge in [-0.1, -0.05) is 6.07 Å².